The molecule has 0 aromatic carbocycles. The van der Waals surface area contributed by atoms with Crippen LogP contribution in [0.5, 0.6) is 0 Å². The Kier molecular flexibility index (Phi) is 3.30. The molecule has 2 rings (SSSR count). The predicted octanol–water partition coefficient (Wildman–Crippen LogP) is 3.69. The van der Waals surface area contributed by atoms with Crippen LogP contribution in [0.1, 0.15) is 24.8 Å². The SMILES string of the molecule is Clc1cnccc1CC1CCCC1Cl. The van der Waals surface area contributed by atoms with Crippen molar-refractivity contribution in [3.8, 4) is 0 Å². The molecule has 0 aliphatic heterocycles. The fourth-order valence-electron chi connectivity index (χ4n) is 2.07. The minimum absolute atomic E-state index is 0.333. The summed E-state index contributed by atoms with van der Waals surface area (Å²) in [6, 6.07) is 1.99. The molecule has 0 bridgehead atoms. The Hall–Kier alpha value is -0.270. The second-order valence-corrected chi connectivity index (χ2v) is 4.85. The van der Waals surface area contributed by atoms with Gasteiger partial charge >= 0.3 is 0 Å². The Morgan fingerprint density at radius 2 is 2.29 bits per heavy atom. The highest BCUT2D eigenvalue weighted by Gasteiger charge is 2.25. The molecule has 0 spiro atoms. The van der Waals surface area contributed by atoms with Crippen LogP contribution in [0.2, 0.25) is 5.02 Å². The van der Waals surface area contributed by atoms with Crippen LogP contribution in [0.15, 0.2) is 18.5 Å². The lowest BCUT2D eigenvalue weighted by Gasteiger charge is -2.13. The van der Waals surface area contributed by atoms with E-state index in [1.165, 1.54) is 18.4 Å². The molecular formula is C11H13Cl2N. The third-order valence-electron chi connectivity index (χ3n) is 2.90. The maximum atomic E-state index is 6.22. The first-order chi connectivity index (χ1) is 6.77. The number of hydrogen-bond donors (Lipinski definition) is 0. The van der Waals surface area contributed by atoms with Gasteiger partial charge in [-0.2, -0.15) is 0 Å². The van der Waals surface area contributed by atoms with Crippen LogP contribution in [-0.4, -0.2) is 10.4 Å². The predicted molar refractivity (Wildman–Crippen MR) is 59.9 cm³/mol. The summed E-state index contributed by atoms with van der Waals surface area (Å²) >= 11 is 12.3. The van der Waals surface area contributed by atoms with Gasteiger partial charge in [0.1, 0.15) is 0 Å². The second-order valence-electron chi connectivity index (χ2n) is 3.88. The number of hydrogen-bond acceptors (Lipinski definition) is 1. The van der Waals surface area contributed by atoms with E-state index >= 15 is 0 Å². The Morgan fingerprint density at radius 3 is 2.93 bits per heavy atom. The van der Waals surface area contributed by atoms with Gasteiger partial charge in [-0.15, -0.1) is 11.6 Å². The van der Waals surface area contributed by atoms with Crippen molar-refractivity contribution in [2.75, 3.05) is 0 Å². The Bertz CT molecular complexity index is 314. The van der Waals surface area contributed by atoms with E-state index in [1.807, 2.05) is 6.07 Å². The first-order valence-corrected chi connectivity index (χ1v) is 5.81. The zero-order chi connectivity index (χ0) is 9.97. The van der Waals surface area contributed by atoms with Crippen LogP contribution in [0.25, 0.3) is 0 Å². The first-order valence-electron chi connectivity index (χ1n) is 5.00. The van der Waals surface area contributed by atoms with Gasteiger partial charge in [0.05, 0.1) is 5.02 Å². The zero-order valence-corrected chi connectivity index (χ0v) is 9.43. The van der Waals surface area contributed by atoms with Crippen LogP contribution in [0.3, 0.4) is 0 Å². The van der Waals surface area contributed by atoms with Gasteiger partial charge in [0, 0.05) is 17.8 Å². The minimum atomic E-state index is 0.333. The molecule has 1 aliphatic rings. The third kappa shape index (κ3) is 2.21. The van der Waals surface area contributed by atoms with Crippen LogP contribution >= 0.6 is 23.2 Å². The number of pyridine rings is 1. The minimum Gasteiger partial charge on any atom is -0.263 e. The van der Waals surface area contributed by atoms with Gasteiger partial charge in [-0.25, -0.2) is 0 Å². The Morgan fingerprint density at radius 1 is 1.43 bits per heavy atom. The summed E-state index contributed by atoms with van der Waals surface area (Å²) in [5, 5.41) is 1.10. The van der Waals surface area contributed by atoms with Crippen LogP contribution < -0.4 is 0 Å². The van der Waals surface area contributed by atoms with Gasteiger partial charge in [-0.05, 0) is 36.8 Å². The molecule has 1 heterocycles. The molecule has 1 aromatic rings. The molecule has 76 valence electrons. The molecule has 2 unspecified atom stereocenters. The topological polar surface area (TPSA) is 12.9 Å². The van der Waals surface area contributed by atoms with E-state index in [2.05, 4.69) is 4.98 Å². The van der Waals surface area contributed by atoms with E-state index in [-0.39, 0.29) is 0 Å². The van der Waals surface area contributed by atoms with Crippen molar-refractivity contribution in [1.82, 2.24) is 4.98 Å². The quantitative estimate of drug-likeness (QED) is 0.706. The highest BCUT2D eigenvalue weighted by atomic mass is 35.5. The van der Waals surface area contributed by atoms with Crippen molar-refractivity contribution >= 4 is 23.2 Å². The lowest BCUT2D eigenvalue weighted by molar-refractivity contribution is 0.552. The summed E-state index contributed by atoms with van der Waals surface area (Å²) in [6.07, 6.45) is 8.12. The van der Waals surface area contributed by atoms with Crippen molar-refractivity contribution in [3.05, 3.63) is 29.0 Å². The van der Waals surface area contributed by atoms with Gasteiger partial charge in [-0.1, -0.05) is 18.0 Å². The van der Waals surface area contributed by atoms with E-state index < -0.39 is 0 Å². The molecular weight excluding hydrogens is 217 g/mol. The molecule has 0 amide bonds. The number of aromatic nitrogens is 1. The standard InChI is InChI=1S/C11H13Cl2N/c12-10-3-1-2-8(10)6-9-4-5-14-7-11(9)13/h4-5,7-8,10H,1-3,6H2. The molecule has 14 heavy (non-hydrogen) atoms. The van der Waals surface area contributed by atoms with Crippen molar-refractivity contribution in [3.63, 3.8) is 0 Å². The summed E-state index contributed by atoms with van der Waals surface area (Å²) < 4.78 is 0. The number of nitrogens with zero attached hydrogens (tertiary/aromatic N) is 1. The van der Waals surface area contributed by atoms with E-state index in [1.54, 1.807) is 12.4 Å². The number of halogens is 2. The maximum Gasteiger partial charge on any atom is 0.0621 e. The van der Waals surface area contributed by atoms with Gasteiger partial charge in [0.2, 0.25) is 0 Å². The van der Waals surface area contributed by atoms with E-state index in [4.69, 9.17) is 23.2 Å². The lowest BCUT2D eigenvalue weighted by atomic mass is 9.98. The van der Waals surface area contributed by atoms with Crippen molar-refractivity contribution in [1.29, 1.82) is 0 Å². The Balaban J connectivity index is 2.07. The summed E-state index contributed by atoms with van der Waals surface area (Å²) in [4.78, 5) is 3.97. The molecule has 1 saturated carbocycles. The normalized spacial score (nSPS) is 26.7. The summed E-state index contributed by atoms with van der Waals surface area (Å²) in [5.74, 6) is 0.594. The van der Waals surface area contributed by atoms with Gasteiger partial charge in [0.15, 0.2) is 0 Å². The first kappa shape index (κ1) is 10.3. The van der Waals surface area contributed by atoms with Gasteiger partial charge < -0.3 is 0 Å². The molecule has 1 aromatic heterocycles. The Labute approximate surface area is 94.4 Å². The van der Waals surface area contributed by atoms with Crippen molar-refractivity contribution in [2.45, 2.75) is 31.1 Å². The molecule has 0 radical (unpaired) electrons. The van der Waals surface area contributed by atoms with Crippen molar-refractivity contribution < 1.29 is 0 Å². The second kappa shape index (κ2) is 4.50. The molecule has 0 saturated heterocycles. The molecule has 0 N–H and O–H groups in total. The summed E-state index contributed by atoms with van der Waals surface area (Å²) in [7, 11) is 0. The van der Waals surface area contributed by atoms with E-state index in [0.717, 1.165) is 17.9 Å². The summed E-state index contributed by atoms with van der Waals surface area (Å²) in [6.45, 7) is 0. The largest absolute Gasteiger partial charge is 0.263 e. The van der Waals surface area contributed by atoms with E-state index in [9.17, 15) is 0 Å². The molecule has 1 aliphatic carbocycles. The van der Waals surface area contributed by atoms with Gasteiger partial charge in [0.25, 0.3) is 0 Å². The molecule has 1 nitrogen and oxygen atoms in total. The summed E-state index contributed by atoms with van der Waals surface area (Å²) in [5.41, 5.74) is 1.18. The monoisotopic (exact) mass is 229 g/mol. The zero-order valence-electron chi connectivity index (χ0n) is 7.92. The van der Waals surface area contributed by atoms with Crippen molar-refractivity contribution in [2.24, 2.45) is 5.92 Å². The van der Waals surface area contributed by atoms with Crippen LogP contribution in [-0.2, 0) is 6.42 Å². The molecule has 2 atom stereocenters. The van der Waals surface area contributed by atoms with Crippen LogP contribution in [0, 0.1) is 5.92 Å². The number of alkyl halides is 1. The van der Waals surface area contributed by atoms with Crippen LogP contribution in [0.4, 0.5) is 0 Å². The average Bonchev–Trinajstić information content (AvgIpc) is 2.56. The highest BCUT2D eigenvalue weighted by molar-refractivity contribution is 6.31. The molecule has 1 fully saturated rings. The van der Waals surface area contributed by atoms with Gasteiger partial charge in [-0.3, -0.25) is 4.98 Å². The van der Waals surface area contributed by atoms with E-state index in [0.29, 0.717) is 11.3 Å². The number of rotatable bonds is 2. The fraction of sp³-hybridized carbons (Fsp3) is 0.545. The lowest BCUT2D eigenvalue weighted by Crippen LogP contribution is -2.10. The molecule has 3 heteroatoms. The third-order valence-corrected chi connectivity index (χ3v) is 3.82. The smallest absolute Gasteiger partial charge is 0.0621 e. The maximum absolute atomic E-state index is 6.22. The average molecular weight is 230 g/mol. The fourth-order valence-corrected chi connectivity index (χ4v) is 2.64. The highest BCUT2D eigenvalue weighted by Crippen LogP contribution is 2.33.